The van der Waals surface area contributed by atoms with E-state index >= 15 is 0 Å². The van der Waals surface area contributed by atoms with E-state index in [-0.39, 0.29) is 0 Å². The van der Waals surface area contributed by atoms with Crippen molar-refractivity contribution in [3.05, 3.63) is 53.9 Å². The normalized spacial score (nSPS) is 10.8. The molecule has 3 rings (SSSR count). The van der Waals surface area contributed by atoms with Crippen LogP contribution in [0.3, 0.4) is 0 Å². The molecular weight excluding hydrogens is 236 g/mol. The van der Waals surface area contributed by atoms with Gasteiger partial charge >= 0.3 is 0 Å². The summed E-state index contributed by atoms with van der Waals surface area (Å²) in [4.78, 5) is 4.65. The molecule has 0 aliphatic carbocycles. The average molecular weight is 252 g/mol. The largest absolute Gasteiger partial charge is 0.364 e. The van der Waals surface area contributed by atoms with Crippen LogP contribution < -0.4 is 5.32 Å². The first-order valence-electron chi connectivity index (χ1n) is 6.31. The number of rotatable bonds is 3. The van der Waals surface area contributed by atoms with Gasteiger partial charge in [-0.2, -0.15) is 5.10 Å². The van der Waals surface area contributed by atoms with Crippen molar-refractivity contribution in [3.63, 3.8) is 0 Å². The van der Waals surface area contributed by atoms with Crippen LogP contribution in [-0.2, 0) is 13.6 Å². The summed E-state index contributed by atoms with van der Waals surface area (Å²) in [5, 5.41) is 8.86. The van der Waals surface area contributed by atoms with E-state index in [1.165, 1.54) is 5.39 Å². The molecule has 96 valence electrons. The molecule has 0 atom stereocenters. The third kappa shape index (κ3) is 2.42. The lowest BCUT2D eigenvalue weighted by atomic mass is 10.1. The Balaban J connectivity index is 1.86. The minimum Gasteiger partial charge on any atom is -0.364 e. The molecule has 2 aromatic heterocycles. The molecule has 1 N–H and O–H groups in total. The molecule has 0 spiro atoms. The third-order valence-corrected chi connectivity index (χ3v) is 3.12. The predicted octanol–water partition coefficient (Wildman–Crippen LogP) is 2.89. The number of hydrogen-bond donors (Lipinski definition) is 1. The Labute approximate surface area is 112 Å². The van der Waals surface area contributed by atoms with Gasteiger partial charge in [-0.25, -0.2) is 4.98 Å². The number of hydrogen-bond acceptors (Lipinski definition) is 3. The first kappa shape index (κ1) is 11.7. The number of fused-ring (bicyclic) bond motifs is 1. The first-order valence-corrected chi connectivity index (χ1v) is 6.31. The maximum atomic E-state index is 4.65. The molecule has 0 fully saturated rings. The van der Waals surface area contributed by atoms with Crippen LogP contribution in [0.15, 0.2) is 42.6 Å². The third-order valence-electron chi connectivity index (χ3n) is 3.12. The lowest BCUT2D eigenvalue weighted by molar-refractivity contribution is 0.747. The maximum absolute atomic E-state index is 4.65. The van der Waals surface area contributed by atoms with Crippen LogP contribution >= 0.6 is 0 Å². The van der Waals surface area contributed by atoms with Gasteiger partial charge in [-0.1, -0.05) is 18.2 Å². The van der Waals surface area contributed by atoms with Crippen molar-refractivity contribution < 1.29 is 0 Å². The molecule has 4 nitrogen and oxygen atoms in total. The van der Waals surface area contributed by atoms with Crippen molar-refractivity contribution in [1.82, 2.24) is 14.8 Å². The molecule has 3 aromatic rings. The Kier molecular flexibility index (Phi) is 2.91. The number of pyridine rings is 1. The molecule has 1 aromatic carbocycles. The van der Waals surface area contributed by atoms with E-state index in [1.54, 1.807) is 4.68 Å². The second-order valence-electron chi connectivity index (χ2n) is 4.68. The van der Waals surface area contributed by atoms with Crippen LogP contribution in [0.25, 0.3) is 10.9 Å². The Morgan fingerprint density at radius 2 is 2.05 bits per heavy atom. The number of anilines is 1. The zero-order valence-corrected chi connectivity index (χ0v) is 11.1. The molecule has 19 heavy (non-hydrogen) atoms. The Bertz CT molecular complexity index is 715. The Hall–Kier alpha value is -2.36. The highest BCUT2D eigenvalue weighted by Crippen LogP contribution is 2.19. The summed E-state index contributed by atoms with van der Waals surface area (Å²) >= 11 is 0. The fraction of sp³-hybridized carbons (Fsp3) is 0.200. The van der Waals surface area contributed by atoms with E-state index in [0.717, 1.165) is 22.6 Å². The van der Waals surface area contributed by atoms with Crippen LogP contribution in [0.1, 0.15) is 11.3 Å². The second-order valence-corrected chi connectivity index (χ2v) is 4.68. The van der Waals surface area contributed by atoms with Gasteiger partial charge in [0, 0.05) is 18.6 Å². The van der Waals surface area contributed by atoms with Gasteiger partial charge < -0.3 is 5.32 Å². The van der Waals surface area contributed by atoms with E-state index < -0.39 is 0 Å². The zero-order chi connectivity index (χ0) is 13.2. The standard InChI is InChI=1S/C15H16N4/c1-11-9-12-5-3-4-6-14(12)17-15(11)16-10-13-7-8-19(2)18-13/h3-9H,10H2,1-2H3,(H,16,17). The molecule has 0 radical (unpaired) electrons. The van der Waals surface area contributed by atoms with Crippen molar-refractivity contribution in [2.24, 2.45) is 7.05 Å². The van der Waals surface area contributed by atoms with Gasteiger partial charge in [0.15, 0.2) is 0 Å². The molecule has 4 heteroatoms. The lowest BCUT2D eigenvalue weighted by Gasteiger charge is -2.08. The molecule has 0 aliphatic rings. The van der Waals surface area contributed by atoms with Crippen LogP contribution in [0.4, 0.5) is 5.82 Å². The van der Waals surface area contributed by atoms with E-state index in [2.05, 4.69) is 34.5 Å². The van der Waals surface area contributed by atoms with Gasteiger partial charge in [-0.05, 0) is 30.7 Å². The number of nitrogens with zero attached hydrogens (tertiary/aromatic N) is 3. The smallest absolute Gasteiger partial charge is 0.129 e. The molecule has 0 bridgehead atoms. The van der Waals surface area contributed by atoms with Gasteiger partial charge in [0.2, 0.25) is 0 Å². The van der Waals surface area contributed by atoms with E-state index in [4.69, 9.17) is 0 Å². The fourth-order valence-electron chi connectivity index (χ4n) is 2.13. The monoisotopic (exact) mass is 252 g/mol. The molecule has 0 amide bonds. The minimum atomic E-state index is 0.688. The number of para-hydroxylation sites is 1. The fourth-order valence-corrected chi connectivity index (χ4v) is 2.13. The number of aromatic nitrogens is 3. The quantitative estimate of drug-likeness (QED) is 0.779. The van der Waals surface area contributed by atoms with Crippen molar-refractivity contribution in [2.45, 2.75) is 13.5 Å². The molecule has 2 heterocycles. The summed E-state index contributed by atoms with van der Waals surface area (Å²) in [7, 11) is 1.92. The van der Waals surface area contributed by atoms with Crippen molar-refractivity contribution in [2.75, 3.05) is 5.32 Å². The van der Waals surface area contributed by atoms with Crippen molar-refractivity contribution in [1.29, 1.82) is 0 Å². The number of benzene rings is 1. The average Bonchev–Trinajstić information content (AvgIpc) is 2.82. The van der Waals surface area contributed by atoms with Crippen molar-refractivity contribution in [3.8, 4) is 0 Å². The van der Waals surface area contributed by atoms with Crippen LogP contribution in [0.5, 0.6) is 0 Å². The van der Waals surface area contributed by atoms with E-state index in [9.17, 15) is 0 Å². The lowest BCUT2D eigenvalue weighted by Crippen LogP contribution is -2.04. The highest BCUT2D eigenvalue weighted by molar-refractivity contribution is 5.81. The Morgan fingerprint density at radius 1 is 1.21 bits per heavy atom. The second kappa shape index (κ2) is 4.72. The number of aryl methyl sites for hydroxylation is 2. The molecule has 0 aliphatic heterocycles. The van der Waals surface area contributed by atoms with Gasteiger partial charge in [0.25, 0.3) is 0 Å². The number of nitrogens with one attached hydrogen (secondary N) is 1. The zero-order valence-electron chi connectivity index (χ0n) is 11.1. The minimum absolute atomic E-state index is 0.688. The molecule has 0 saturated carbocycles. The molecular formula is C15H16N4. The molecule has 0 saturated heterocycles. The highest BCUT2D eigenvalue weighted by Gasteiger charge is 2.04. The van der Waals surface area contributed by atoms with Crippen LogP contribution in [0.2, 0.25) is 0 Å². The van der Waals surface area contributed by atoms with Gasteiger partial charge in [0.05, 0.1) is 17.8 Å². The van der Waals surface area contributed by atoms with E-state index in [1.807, 2.05) is 37.5 Å². The molecule has 0 unspecified atom stereocenters. The first-order chi connectivity index (χ1) is 9.22. The van der Waals surface area contributed by atoms with Crippen molar-refractivity contribution >= 4 is 16.7 Å². The predicted molar refractivity (Wildman–Crippen MR) is 77.0 cm³/mol. The van der Waals surface area contributed by atoms with Gasteiger partial charge in [-0.3, -0.25) is 4.68 Å². The topological polar surface area (TPSA) is 42.7 Å². The summed E-state index contributed by atoms with van der Waals surface area (Å²) in [5.74, 6) is 0.921. The summed E-state index contributed by atoms with van der Waals surface area (Å²) in [6, 6.07) is 12.3. The summed E-state index contributed by atoms with van der Waals surface area (Å²) in [6.07, 6.45) is 1.94. The summed E-state index contributed by atoms with van der Waals surface area (Å²) in [6.45, 7) is 2.76. The van der Waals surface area contributed by atoms with E-state index in [0.29, 0.717) is 6.54 Å². The summed E-state index contributed by atoms with van der Waals surface area (Å²) in [5.41, 5.74) is 3.17. The van der Waals surface area contributed by atoms with Crippen LogP contribution in [0, 0.1) is 6.92 Å². The SMILES string of the molecule is Cc1cc2ccccc2nc1NCc1ccn(C)n1. The maximum Gasteiger partial charge on any atom is 0.129 e. The van der Waals surface area contributed by atoms with Gasteiger partial charge in [-0.15, -0.1) is 0 Å². The van der Waals surface area contributed by atoms with Crippen LogP contribution in [-0.4, -0.2) is 14.8 Å². The highest BCUT2D eigenvalue weighted by atomic mass is 15.3. The summed E-state index contributed by atoms with van der Waals surface area (Å²) < 4.78 is 1.80. The van der Waals surface area contributed by atoms with Gasteiger partial charge in [0.1, 0.15) is 5.82 Å². The Morgan fingerprint density at radius 3 is 2.84 bits per heavy atom.